The molecule has 2 nitrogen and oxygen atoms in total. The fraction of sp³-hybridized carbons (Fsp3) is 1.00. The summed E-state index contributed by atoms with van der Waals surface area (Å²) in [6, 6.07) is 3.76. The van der Waals surface area contributed by atoms with Crippen molar-refractivity contribution in [2.24, 2.45) is 23.7 Å². The van der Waals surface area contributed by atoms with Crippen molar-refractivity contribution < 1.29 is 0 Å². The van der Waals surface area contributed by atoms with E-state index < -0.39 is 0 Å². The van der Waals surface area contributed by atoms with Gasteiger partial charge in [-0.15, -0.1) is 0 Å². The van der Waals surface area contributed by atoms with Crippen LogP contribution in [-0.2, 0) is 0 Å². The summed E-state index contributed by atoms with van der Waals surface area (Å²) in [5, 5.41) is 3.72. The molecule has 3 aliphatic carbocycles. The zero-order chi connectivity index (χ0) is 12.6. The first-order valence-electron chi connectivity index (χ1n) is 8.87. The minimum Gasteiger partial charge on any atom is -0.314 e. The molecule has 2 heterocycles. The number of piperidine rings is 1. The van der Waals surface area contributed by atoms with Gasteiger partial charge in [0.25, 0.3) is 0 Å². The Bertz CT molecular complexity index is 351. The minimum absolute atomic E-state index is 0.828. The largest absolute Gasteiger partial charge is 0.314 e. The first-order valence-corrected chi connectivity index (χ1v) is 8.87. The van der Waals surface area contributed by atoms with Gasteiger partial charge in [0.05, 0.1) is 0 Å². The van der Waals surface area contributed by atoms with Crippen molar-refractivity contribution in [3.8, 4) is 0 Å². The van der Waals surface area contributed by atoms with E-state index in [4.69, 9.17) is 0 Å². The number of rotatable bonds is 3. The predicted octanol–water partition coefficient (Wildman–Crippen LogP) is 2.64. The number of nitrogens with zero attached hydrogens (tertiary/aromatic N) is 1. The molecule has 106 valence electrons. The molecule has 1 N–H and O–H groups in total. The smallest absolute Gasteiger partial charge is 0.0170 e. The van der Waals surface area contributed by atoms with Gasteiger partial charge in [0, 0.05) is 24.2 Å². The van der Waals surface area contributed by atoms with E-state index in [2.05, 4.69) is 17.1 Å². The molecular weight excluding hydrogens is 232 g/mol. The number of hydrogen-bond donors (Lipinski definition) is 1. The third-order valence-electron chi connectivity index (χ3n) is 7.32. The number of fused-ring (bicyclic) bond motifs is 7. The molecule has 0 spiro atoms. The maximum Gasteiger partial charge on any atom is 0.0170 e. The maximum absolute atomic E-state index is 3.72. The van der Waals surface area contributed by atoms with Gasteiger partial charge in [-0.25, -0.2) is 0 Å². The molecule has 6 unspecified atom stereocenters. The van der Waals surface area contributed by atoms with Crippen LogP contribution in [0.3, 0.4) is 0 Å². The van der Waals surface area contributed by atoms with Crippen LogP contribution in [0.2, 0.25) is 0 Å². The molecule has 2 heteroatoms. The molecule has 3 saturated carbocycles. The summed E-state index contributed by atoms with van der Waals surface area (Å²) >= 11 is 0. The number of nitrogens with one attached hydrogen (secondary N) is 1. The zero-order valence-corrected chi connectivity index (χ0v) is 12.2. The molecule has 5 rings (SSSR count). The molecule has 2 aliphatic heterocycles. The maximum atomic E-state index is 3.72. The van der Waals surface area contributed by atoms with E-state index >= 15 is 0 Å². The van der Waals surface area contributed by atoms with Crippen molar-refractivity contribution >= 4 is 0 Å². The van der Waals surface area contributed by atoms with Crippen LogP contribution in [-0.4, -0.2) is 35.6 Å². The molecule has 0 aromatic rings. The van der Waals surface area contributed by atoms with Crippen molar-refractivity contribution in [1.29, 1.82) is 0 Å². The van der Waals surface area contributed by atoms with Gasteiger partial charge in [0.2, 0.25) is 0 Å². The quantitative estimate of drug-likeness (QED) is 0.839. The van der Waals surface area contributed by atoms with Crippen molar-refractivity contribution in [3.05, 3.63) is 0 Å². The average molecular weight is 260 g/mol. The van der Waals surface area contributed by atoms with E-state index in [9.17, 15) is 0 Å². The summed E-state index contributed by atoms with van der Waals surface area (Å²) in [5.41, 5.74) is 0. The van der Waals surface area contributed by atoms with Crippen LogP contribution in [0, 0.1) is 23.7 Å². The van der Waals surface area contributed by atoms with Crippen LogP contribution < -0.4 is 5.32 Å². The Kier molecular flexibility index (Phi) is 2.42. The monoisotopic (exact) mass is 260 g/mol. The second-order valence-corrected chi connectivity index (χ2v) is 8.04. The topological polar surface area (TPSA) is 15.3 Å². The van der Waals surface area contributed by atoms with Crippen LogP contribution in [0.5, 0.6) is 0 Å². The van der Waals surface area contributed by atoms with Gasteiger partial charge in [-0.1, -0.05) is 6.92 Å². The van der Waals surface area contributed by atoms with Crippen LogP contribution in [0.15, 0.2) is 0 Å². The fourth-order valence-electron chi connectivity index (χ4n) is 6.83. The lowest BCUT2D eigenvalue weighted by atomic mass is 9.95. The van der Waals surface area contributed by atoms with E-state index in [-0.39, 0.29) is 0 Å². The lowest BCUT2D eigenvalue weighted by Crippen LogP contribution is -2.51. The normalized spacial score (nSPS) is 58.6. The van der Waals surface area contributed by atoms with E-state index in [1.54, 1.807) is 19.3 Å². The Balaban J connectivity index is 1.33. The first-order chi connectivity index (χ1) is 9.36. The molecule has 6 atom stereocenters. The third kappa shape index (κ3) is 1.51. The van der Waals surface area contributed by atoms with Crippen LogP contribution in [0.4, 0.5) is 0 Å². The summed E-state index contributed by atoms with van der Waals surface area (Å²) in [6.45, 7) is 3.42. The highest BCUT2D eigenvalue weighted by Crippen LogP contribution is 2.68. The fourth-order valence-corrected chi connectivity index (χ4v) is 6.83. The Labute approximate surface area is 117 Å². The Morgan fingerprint density at radius 2 is 1.53 bits per heavy atom. The summed E-state index contributed by atoms with van der Waals surface area (Å²) in [6.07, 6.45) is 10.6. The lowest BCUT2D eigenvalue weighted by Gasteiger charge is -2.40. The second-order valence-electron chi connectivity index (χ2n) is 8.04. The van der Waals surface area contributed by atoms with Gasteiger partial charge >= 0.3 is 0 Å². The lowest BCUT2D eigenvalue weighted by molar-refractivity contribution is 0.0894. The summed E-state index contributed by atoms with van der Waals surface area (Å²) < 4.78 is 0. The van der Waals surface area contributed by atoms with E-state index in [0.717, 1.165) is 54.4 Å². The van der Waals surface area contributed by atoms with E-state index in [1.165, 1.54) is 25.7 Å². The van der Waals surface area contributed by atoms with Gasteiger partial charge in [0.1, 0.15) is 0 Å². The zero-order valence-electron chi connectivity index (χ0n) is 12.2. The Morgan fingerprint density at radius 3 is 2.11 bits per heavy atom. The minimum atomic E-state index is 0.828. The van der Waals surface area contributed by atoms with Crippen molar-refractivity contribution in [2.45, 2.75) is 76.0 Å². The summed E-state index contributed by atoms with van der Waals surface area (Å²) in [7, 11) is 0. The van der Waals surface area contributed by atoms with Gasteiger partial charge in [-0.05, 0) is 75.2 Å². The van der Waals surface area contributed by atoms with Crippen LogP contribution in [0.1, 0.15) is 51.9 Å². The molecule has 19 heavy (non-hydrogen) atoms. The molecule has 5 fully saturated rings. The molecule has 0 aromatic heterocycles. The molecule has 2 saturated heterocycles. The SMILES string of the molecule is CCNC1CC2CCC(C1)N2C1C2C3CCC(C3)C21. The van der Waals surface area contributed by atoms with Gasteiger partial charge in [0.15, 0.2) is 0 Å². The first kappa shape index (κ1) is 11.6. The van der Waals surface area contributed by atoms with Crippen LogP contribution in [0.25, 0.3) is 0 Å². The van der Waals surface area contributed by atoms with Crippen molar-refractivity contribution in [1.82, 2.24) is 10.2 Å². The summed E-state index contributed by atoms with van der Waals surface area (Å²) in [4.78, 5) is 3.05. The highest BCUT2D eigenvalue weighted by molar-refractivity contribution is 5.20. The van der Waals surface area contributed by atoms with Gasteiger partial charge < -0.3 is 5.32 Å². The molecule has 0 aromatic carbocycles. The van der Waals surface area contributed by atoms with E-state index in [0.29, 0.717) is 0 Å². The standard InChI is InChI=1S/C17H28N2/c1-2-18-12-8-13-5-6-14(9-12)19(13)17-15-10-3-4-11(7-10)16(15)17/h10-18H,2-9H2,1H3. The molecule has 0 amide bonds. The molecule has 5 aliphatic rings. The molecule has 4 bridgehead atoms. The highest BCUT2D eigenvalue weighted by atomic mass is 15.3. The Hall–Kier alpha value is -0.0800. The van der Waals surface area contributed by atoms with Gasteiger partial charge in [-0.3, -0.25) is 4.90 Å². The second kappa shape index (κ2) is 3.98. The third-order valence-corrected chi connectivity index (χ3v) is 7.32. The summed E-state index contributed by atoms with van der Waals surface area (Å²) in [5.74, 6) is 4.59. The van der Waals surface area contributed by atoms with Crippen molar-refractivity contribution in [3.63, 3.8) is 0 Å². The Morgan fingerprint density at radius 1 is 0.895 bits per heavy atom. The molecular formula is C17H28N2. The number of hydrogen-bond acceptors (Lipinski definition) is 2. The average Bonchev–Trinajstić information content (AvgIpc) is 2.71. The molecule has 0 radical (unpaired) electrons. The van der Waals surface area contributed by atoms with E-state index in [1.807, 2.05) is 0 Å². The van der Waals surface area contributed by atoms with Crippen molar-refractivity contribution in [2.75, 3.05) is 6.54 Å². The van der Waals surface area contributed by atoms with Gasteiger partial charge in [-0.2, -0.15) is 0 Å². The van der Waals surface area contributed by atoms with Crippen LogP contribution >= 0.6 is 0 Å². The highest BCUT2D eigenvalue weighted by Gasteiger charge is 2.68. The predicted molar refractivity (Wildman–Crippen MR) is 76.9 cm³/mol.